The third-order valence-electron chi connectivity index (χ3n) is 7.66. The summed E-state index contributed by atoms with van der Waals surface area (Å²) < 4.78 is 57.9. The third-order valence-corrected chi connectivity index (χ3v) is 8.01. The van der Waals surface area contributed by atoms with Gasteiger partial charge in [0.2, 0.25) is 0 Å². The summed E-state index contributed by atoms with van der Waals surface area (Å²) in [6.45, 7) is 0.502. The number of carbonyl (C=O) groups excluding carboxylic acids is 2. The van der Waals surface area contributed by atoms with E-state index < -0.39 is 36.6 Å². The molecule has 0 fully saturated rings. The molecule has 0 unspecified atom stereocenters. The maximum atomic E-state index is 13.9. The smallest absolute Gasteiger partial charge is 0.387 e. The zero-order chi connectivity index (χ0) is 29.6. The van der Waals surface area contributed by atoms with Gasteiger partial charge in [0, 0.05) is 40.7 Å². The molecule has 0 spiro atoms. The van der Waals surface area contributed by atoms with Gasteiger partial charge >= 0.3 is 6.61 Å². The zero-order valence-corrected chi connectivity index (χ0v) is 22.9. The van der Waals surface area contributed by atoms with Crippen molar-refractivity contribution in [1.82, 2.24) is 19.6 Å². The fraction of sp³-hybridized carbons (Fsp3) is 0.393. The van der Waals surface area contributed by atoms with Crippen LogP contribution in [0.3, 0.4) is 0 Å². The van der Waals surface area contributed by atoms with Gasteiger partial charge in [-0.25, -0.2) is 8.78 Å². The summed E-state index contributed by atoms with van der Waals surface area (Å²) in [5.74, 6) is -0.862. The van der Waals surface area contributed by atoms with Crippen molar-refractivity contribution < 1.29 is 37.0 Å². The average molecular weight is 595 g/mol. The highest BCUT2D eigenvalue weighted by atomic mass is 35.5. The highest BCUT2D eigenvalue weighted by molar-refractivity contribution is 6.31. The van der Waals surface area contributed by atoms with Crippen molar-refractivity contribution in [2.45, 2.75) is 58.0 Å². The number of aromatic nitrogens is 2. The van der Waals surface area contributed by atoms with Crippen LogP contribution in [0.15, 0.2) is 42.5 Å². The molecule has 2 aliphatic heterocycles. The molecule has 2 aliphatic rings. The van der Waals surface area contributed by atoms with E-state index in [1.165, 1.54) is 33.8 Å². The monoisotopic (exact) mass is 594 g/mol. The number of alkyl halides is 4. The highest BCUT2D eigenvalue weighted by Crippen LogP contribution is 2.36. The van der Waals surface area contributed by atoms with E-state index in [1.807, 2.05) is 6.92 Å². The molecule has 13 heteroatoms. The Bertz CT molecular complexity index is 1470. The fourth-order valence-electron chi connectivity index (χ4n) is 5.43. The van der Waals surface area contributed by atoms with E-state index in [2.05, 4.69) is 9.84 Å². The molecule has 3 aromatic rings. The molecule has 41 heavy (non-hydrogen) atoms. The second-order valence-corrected chi connectivity index (χ2v) is 10.6. The van der Waals surface area contributed by atoms with Gasteiger partial charge in [0.05, 0.1) is 30.9 Å². The zero-order valence-electron chi connectivity index (χ0n) is 22.1. The number of benzene rings is 2. The van der Waals surface area contributed by atoms with E-state index in [4.69, 9.17) is 11.6 Å². The molecule has 5 rings (SSSR count). The first kappa shape index (κ1) is 28.9. The number of hydrogen-bond donors (Lipinski definition) is 1. The van der Waals surface area contributed by atoms with Crippen LogP contribution in [0.5, 0.6) is 5.75 Å². The van der Waals surface area contributed by atoms with Gasteiger partial charge in [0.25, 0.3) is 18.2 Å². The lowest BCUT2D eigenvalue weighted by Gasteiger charge is -2.38. The molecular formula is C28H27ClF4N4O4. The van der Waals surface area contributed by atoms with E-state index in [9.17, 15) is 32.3 Å². The van der Waals surface area contributed by atoms with Crippen molar-refractivity contribution in [3.05, 3.63) is 81.1 Å². The van der Waals surface area contributed by atoms with Gasteiger partial charge in [-0.3, -0.25) is 14.3 Å². The second-order valence-electron chi connectivity index (χ2n) is 10.2. The van der Waals surface area contributed by atoms with Crippen LogP contribution in [-0.2, 0) is 13.0 Å². The number of fused-ring (bicyclic) bond motifs is 3. The number of nitrogens with zero attached hydrogens (tertiary/aromatic N) is 4. The van der Waals surface area contributed by atoms with Gasteiger partial charge in [-0.05, 0) is 49.7 Å². The van der Waals surface area contributed by atoms with Crippen LogP contribution in [0.4, 0.5) is 17.6 Å². The molecular weight excluding hydrogens is 568 g/mol. The number of amides is 2. The quantitative estimate of drug-likeness (QED) is 0.370. The largest absolute Gasteiger partial charge is 0.435 e. The Kier molecular flexibility index (Phi) is 7.97. The lowest BCUT2D eigenvalue weighted by Crippen LogP contribution is -2.46. The summed E-state index contributed by atoms with van der Waals surface area (Å²) in [7, 11) is 0. The predicted octanol–water partition coefficient (Wildman–Crippen LogP) is 5.41. The normalized spacial score (nSPS) is 19.4. The van der Waals surface area contributed by atoms with Crippen molar-refractivity contribution >= 4 is 23.4 Å². The molecule has 2 aromatic carbocycles. The van der Waals surface area contributed by atoms with Crippen molar-refractivity contribution in [3.63, 3.8) is 0 Å². The van der Waals surface area contributed by atoms with E-state index in [1.54, 1.807) is 24.0 Å². The van der Waals surface area contributed by atoms with Crippen molar-refractivity contribution in [2.24, 2.45) is 0 Å². The molecule has 8 nitrogen and oxygen atoms in total. The van der Waals surface area contributed by atoms with Gasteiger partial charge in [-0.2, -0.15) is 13.9 Å². The lowest BCUT2D eigenvalue weighted by atomic mass is 9.96. The first-order chi connectivity index (χ1) is 19.5. The Morgan fingerprint density at radius 1 is 1.17 bits per heavy atom. The molecule has 0 saturated heterocycles. The Balaban J connectivity index is 1.45. The van der Waals surface area contributed by atoms with Crippen LogP contribution < -0.4 is 4.74 Å². The van der Waals surface area contributed by atoms with Crippen molar-refractivity contribution in [1.29, 1.82) is 0 Å². The first-order valence-electron chi connectivity index (χ1n) is 13.0. The molecule has 218 valence electrons. The van der Waals surface area contributed by atoms with E-state index in [0.717, 1.165) is 6.07 Å². The van der Waals surface area contributed by atoms with Crippen LogP contribution in [0.25, 0.3) is 0 Å². The Hall–Kier alpha value is -3.64. The van der Waals surface area contributed by atoms with Gasteiger partial charge in [-0.15, -0.1) is 0 Å². The Morgan fingerprint density at radius 3 is 2.51 bits per heavy atom. The molecule has 1 N–H and O–H groups in total. The second kappa shape index (κ2) is 11.3. The van der Waals surface area contributed by atoms with Crippen molar-refractivity contribution in [3.8, 4) is 5.75 Å². The summed E-state index contributed by atoms with van der Waals surface area (Å²) in [6, 6.07) is 8.31. The fourth-order valence-corrected chi connectivity index (χ4v) is 5.63. The molecule has 0 radical (unpaired) electrons. The number of rotatable bonds is 7. The van der Waals surface area contributed by atoms with Crippen LogP contribution in [0, 0.1) is 0 Å². The summed E-state index contributed by atoms with van der Waals surface area (Å²) in [4.78, 5) is 30.4. The molecule has 1 aromatic heterocycles. The number of carbonyl (C=O) groups is 2. The van der Waals surface area contributed by atoms with E-state index in [0.29, 0.717) is 23.2 Å². The van der Waals surface area contributed by atoms with Crippen LogP contribution in [-0.4, -0.2) is 62.3 Å². The third kappa shape index (κ3) is 5.38. The topological polar surface area (TPSA) is 87.9 Å². The first-order valence-corrected chi connectivity index (χ1v) is 13.3. The van der Waals surface area contributed by atoms with E-state index >= 15 is 0 Å². The van der Waals surface area contributed by atoms with Crippen LogP contribution in [0.2, 0.25) is 5.02 Å². The van der Waals surface area contributed by atoms with Crippen LogP contribution in [0.1, 0.15) is 75.6 Å². The van der Waals surface area contributed by atoms with Crippen LogP contribution >= 0.6 is 11.6 Å². The minimum Gasteiger partial charge on any atom is -0.435 e. The van der Waals surface area contributed by atoms with Gasteiger partial charge < -0.3 is 19.6 Å². The average Bonchev–Trinajstić information content (AvgIpc) is 3.31. The maximum absolute atomic E-state index is 13.9. The van der Waals surface area contributed by atoms with Gasteiger partial charge in [-0.1, -0.05) is 23.7 Å². The Morgan fingerprint density at radius 2 is 1.88 bits per heavy atom. The molecule has 0 saturated carbocycles. The number of aliphatic hydroxyl groups is 1. The van der Waals surface area contributed by atoms with E-state index in [-0.39, 0.29) is 53.7 Å². The van der Waals surface area contributed by atoms with Crippen molar-refractivity contribution in [2.75, 3.05) is 13.2 Å². The number of ether oxygens (including phenoxy) is 1. The maximum Gasteiger partial charge on any atom is 0.387 e. The highest BCUT2D eigenvalue weighted by Gasteiger charge is 2.41. The minimum atomic E-state index is -2.96. The summed E-state index contributed by atoms with van der Waals surface area (Å²) in [6.07, 6.45) is -2.53. The molecule has 0 bridgehead atoms. The predicted molar refractivity (Wildman–Crippen MR) is 140 cm³/mol. The minimum absolute atomic E-state index is 0.0125. The lowest BCUT2D eigenvalue weighted by molar-refractivity contribution is -0.0498. The number of aliphatic hydroxyl groups excluding tert-OH is 1. The number of hydrogen-bond acceptors (Lipinski definition) is 5. The SMILES string of the molecule is C[C@@H]1Cc2nn3c(c2CN1C(=O)c1ccc(Cl)c(C(F)F)c1)C(=O)N([C@@H](C)c1ccc(OC(F)F)cc1)C[C@H]3CO. The van der Waals surface area contributed by atoms with Gasteiger partial charge in [0.1, 0.15) is 11.4 Å². The standard InChI is InChI=1S/C28H27ClF4N4O4/c1-14-9-23-21(12-35(14)26(39)17-5-8-22(29)20(10-17)25(30)31)24-27(40)36(11-18(13-38)37(24)34-23)15(2)16-3-6-19(7-4-16)41-28(32)33/h3-8,10,14-15,18,25,28,38H,9,11-13H2,1-2H3/t14-,15+,18+/m1/s1. The Labute approximate surface area is 238 Å². The molecule has 3 heterocycles. The van der Waals surface area contributed by atoms with Gasteiger partial charge in [0.15, 0.2) is 0 Å². The molecule has 3 atom stereocenters. The summed E-state index contributed by atoms with van der Waals surface area (Å²) in [5, 5.41) is 14.7. The molecule has 2 amide bonds. The summed E-state index contributed by atoms with van der Waals surface area (Å²) in [5.41, 5.74) is 1.67. The molecule has 0 aliphatic carbocycles. The summed E-state index contributed by atoms with van der Waals surface area (Å²) >= 11 is 5.88. The number of halogens is 5.